The van der Waals surface area contributed by atoms with Crippen molar-refractivity contribution < 1.29 is 22.7 Å². The van der Waals surface area contributed by atoms with Gasteiger partial charge in [-0.3, -0.25) is 19.6 Å². The first-order chi connectivity index (χ1) is 16.6. The second-order valence-corrected chi connectivity index (χ2v) is 9.45. The molecule has 3 aromatic rings. The molecule has 35 heavy (non-hydrogen) atoms. The molecular weight excluding hydrogens is 476 g/mol. The Labute approximate surface area is 203 Å². The molecule has 0 saturated carbocycles. The van der Waals surface area contributed by atoms with Crippen LogP contribution in [0, 0.1) is 6.92 Å². The maximum Gasteiger partial charge on any atom is 0.276 e. The molecule has 0 spiro atoms. The second-order valence-electron chi connectivity index (χ2n) is 7.75. The number of nitrogens with two attached hydrogens (primary N) is 1. The lowest BCUT2D eigenvalue weighted by Crippen LogP contribution is -2.34. The van der Waals surface area contributed by atoms with Crippen molar-refractivity contribution in [2.45, 2.75) is 39.8 Å². The molecule has 0 aliphatic rings. The van der Waals surface area contributed by atoms with Crippen LogP contribution >= 0.6 is 0 Å². The van der Waals surface area contributed by atoms with Crippen LogP contribution < -0.4 is 25.2 Å². The summed E-state index contributed by atoms with van der Waals surface area (Å²) in [6.07, 6.45) is 1.09. The lowest BCUT2D eigenvalue weighted by atomic mass is 10.1. The van der Waals surface area contributed by atoms with Crippen LogP contribution in [0.2, 0.25) is 0 Å². The van der Waals surface area contributed by atoms with E-state index >= 15 is 0 Å². The van der Waals surface area contributed by atoms with Gasteiger partial charge in [0.25, 0.3) is 16.1 Å². The van der Waals surface area contributed by atoms with E-state index in [-0.39, 0.29) is 24.0 Å². The molecule has 0 aliphatic carbocycles. The van der Waals surface area contributed by atoms with E-state index in [2.05, 4.69) is 24.8 Å². The Balaban J connectivity index is 1.95. The van der Waals surface area contributed by atoms with E-state index in [1.54, 1.807) is 22.2 Å². The predicted octanol–water partition coefficient (Wildman–Crippen LogP) is 0.755. The number of nitrogens with zero attached hydrogens (tertiary/aromatic N) is 4. The zero-order valence-corrected chi connectivity index (χ0v) is 20.9. The van der Waals surface area contributed by atoms with E-state index in [1.165, 1.54) is 26.3 Å². The van der Waals surface area contributed by atoms with Crippen molar-refractivity contribution in [2.24, 2.45) is 5.73 Å². The van der Waals surface area contributed by atoms with Crippen molar-refractivity contribution in [3.63, 3.8) is 0 Å². The van der Waals surface area contributed by atoms with Gasteiger partial charge in [-0.2, -0.15) is 13.5 Å². The highest BCUT2D eigenvalue weighted by Crippen LogP contribution is 2.31. The van der Waals surface area contributed by atoms with Crippen LogP contribution in [0.3, 0.4) is 0 Å². The number of hydrogen-bond donors (Lipinski definition) is 4. The van der Waals surface area contributed by atoms with Gasteiger partial charge < -0.3 is 15.0 Å². The Morgan fingerprint density at radius 3 is 2.57 bits per heavy atom. The number of benzene rings is 1. The third-order valence-electron chi connectivity index (χ3n) is 5.34. The van der Waals surface area contributed by atoms with Crippen molar-refractivity contribution >= 4 is 39.0 Å². The van der Waals surface area contributed by atoms with Gasteiger partial charge in [0.05, 0.1) is 18.3 Å². The summed E-state index contributed by atoms with van der Waals surface area (Å²) in [7, 11) is -0.730. The Morgan fingerprint density at radius 1 is 1.20 bits per heavy atom. The number of rotatable bonds is 12. The van der Waals surface area contributed by atoms with Gasteiger partial charge in [0.1, 0.15) is 17.0 Å². The predicted molar refractivity (Wildman–Crippen MR) is 131 cm³/mol. The number of carbonyl (C=O) groups excluding carboxylic acids is 2. The zero-order valence-electron chi connectivity index (χ0n) is 20.1. The number of unbranched alkanes of at least 4 members (excludes halogenated alkanes) is 1. The van der Waals surface area contributed by atoms with Crippen molar-refractivity contribution in [3.8, 4) is 5.75 Å². The minimum Gasteiger partial charge on any atom is -0.494 e. The van der Waals surface area contributed by atoms with Crippen LogP contribution in [0.15, 0.2) is 18.2 Å². The van der Waals surface area contributed by atoms with Crippen LogP contribution in [0.4, 0.5) is 5.95 Å². The van der Waals surface area contributed by atoms with Crippen molar-refractivity contribution in [1.82, 2.24) is 28.8 Å². The molecule has 0 bridgehead atoms. The number of methoxy groups -OCH3 is 1. The van der Waals surface area contributed by atoms with E-state index in [4.69, 9.17) is 10.5 Å². The fourth-order valence-corrected chi connectivity index (χ4v) is 4.21. The summed E-state index contributed by atoms with van der Waals surface area (Å²) < 4.78 is 36.6. The van der Waals surface area contributed by atoms with Gasteiger partial charge in [0.15, 0.2) is 0 Å². The lowest BCUT2D eigenvalue weighted by Gasteiger charge is -2.13. The number of imidazole rings is 1. The highest BCUT2D eigenvalue weighted by Gasteiger charge is 2.21. The number of carbonyl (C=O) groups is 2. The molecule has 2 amide bonds. The van der Waals surface area contributed by atoms with E-state index in [0.29, 0.717) is 54.1 Å². The van der Waals surface area contributed by atoms with Gasteiger partial charge in [-0.15, -0.1) is 0 Å². The molecular formula is C21H30N8O5S. The number of nitrogens with one attached hydrogen (secondary N) is 3. The van der Waals surface area contributed by atoms with Crippen LogP contribution in [0.25, 0.3) is 11.0 Å². The fraction of sp³-hybridized carbons (Fsp3) is 0.429. The maximum absolute atomic E-state index is 13.1. The summed E-state index contributed by atoms with van der Waals surface area (Å²) in [6.45, 7) is 4.83. The monoisotopic (exact) mass is 506 g/mol. The number of aromatic nitrogens is 4. The summed E-state index contributed by atoms with van der Waals surface area (Å²) >= 11 is 0. The Hall–Kier alpha value is -3.49. The van der Waals surface area contributed by atoms with Crippen molar-refractivity contribution in [2.75, 3.05) is 26.0 Å². The molecule has 0 unspecified atom stereocenters. The van der Waals surface area contributed by atoms with E-state index in [1.807, 2.05) is 6.92 Å². The minimum atomic E-state index is -3.52. The van der Waals surface area contributed by atoms with E-state index < -0.39 is 16.1 Å². The van der Waals surface area contributed by atoms with Crippen molar-refractivity contribution in [1.29, 1.82) is 0 Å². The molecule has 5 N–H and O–H groups in total. The Bertz CT molecular complexity index is 1350. The largest absolute Gasteiger partial charge is 0.494 e. The number of fused-ring (bicyclic) bond motifs is 1. The van der Waals surface area contributed by atoms with Gasteiger partial charge in [0.2, 0.25) is 11.9 Å². The van der Waals surface area contributed by atoms with Crippen LogP contribution in [-0.2, 0) is 23.3 Å². The third-order valence-corrected chi connectivity index (χ3v) is 6.46. The smallest absolute Gasteiger partial charge is 0.276 e. The topological polar surface area (TPSA) is 175 Å². The molecule has 0 atom stereocenters. The van der Waals surface area contributed by atoms with Gasteiger partial charge in [-0.05, 0) is 44.9 Å². The molecule has 1 aromatic carbocycles. The molecule has 3 rings (SSSR count). The number of primary amides is 1. The van der Waals surface area contributed by atoms with Gasteiger partial charge in [0, 0.05) is 32.2 Å². The molecule has 0 radical (unpaired) electrons. The van der Waals surface area contributed by atoms with E-state index in [0.717, 1.165) is 0 Å². The van der Waals surface area contributed by atoms with Crippen molar-refractivity contribution in [3.05, 3.63) is 35.2 Å². The molecule has 0 fully saturated rings. The van der Waals surface area contributed by atoms with Crippen LogP contribution in [0.5, 0.6) is 5.75 Å². The first-order valence-electron chi connectivity index (χ1n) is 11.0. The SMILES string of the molecule is CCn1nc(C)cc1C(=O)Nc1nc2cc(C(N)=O)cc(OC)c2n1CCCCNS(=O)(=O)NC. The zero-order chi connectivity index (χ0) is 25.8. The average Bonchev–Trinajstić information content (AvgIpc) is 3.37. The summed E-state index contributed by atoms with van der Waals surface area (Å²) in [5.41, 5.74) is 7.76. The summed E-state index contributed by atoms with van der Waals surface area (Å²) in [6, 6.07) is 4.74. The average molecular weight is 507 g/mol. The lowest BCUT2D eigenvalue weighted by molar-refractivity contribution is 0.0995. The molecule has 0 aliphatic heterocycles. The molecule has 13 nitrogen and oxygen atoms in total. The normalized spacial score (nSPS) is 11.7. The van der Waals surface area contributed by atoms with Crippen LogP contribution in [0.1, 0.15) is 46.3 Å². The minimum absolute atomic E-state index is 0.220. The number of aryl methyl sites for hydroxylation is 3. The Kier molecular flexibility index (Phi) is 8.09. The molecule has 2 heterocycles. The highest BCUT2D eigenvalue weighted by molar-refractivity contribution is 7.87. The number of amides is 2. The number of hydrogen-bond acceptors (Lipinski definition) is 7. The van der Waals surface area contributed by atoms with Gasteiger partial charge in [-0.25, -0.2) is 14.4 Å². The molecule has 14 heteroatoms. The summed E-state index contributed by atoms with van der Waals surface area (Å²) in [5.74, 6) is -0.402. The molecule has 190 valence electrons. The van der Waals surface area contributed by atoms with E-state index in [9.17, 15) is 18.0 Å². The first-order valence-corrected chi connectivity index (χ1v) is 12.5. The number of ether oxygens (including phenoxy) is 1. The summed E-state index contributed by atoms with van der Waals surface area (Å²) in [5, 5.41) is 7.15. The first kappa shape index (κ1) is 26.1. The van der Waals surface area contributed by atoms with Gasteiger partial charge >= 0.3 is 0 Å². The molecule has 2 aromatic heterocycles. The standard InChI is InChI=1S/C21H30N8O5S/c1-5-29-16(10-13(2)27-29)20(31)26-21-25-15-11-14(19(22)30)12-17(34-4)18(15)28(21)9-7-6-8-24-35(32,33)23-3/h10-12,23-24H,5-9H2,1-4H3,(H2,22,30)(H,25,26,31). The Morgan fingerprint density at radius 2 is 1.94 bits per heavy atom. The van der Waals surface area contributed by atoms with Crippen LogP contribution in [-0.4, -0.2) is 60.3 Å². The van der Waals surface area contributed by atoms with Gasteiger partial charge in [-0.1, -0.05) is 0 Å². The quantitative estimate of drug-likeness (QED) is 0.262. The fourth-order valence-electron chi connectivity index (χ4n) is 3.65. The summed E-state index contributed by atoms with van der Waals surface area (Å²) in [4.78, 5) is 29.4. The third kappa shape index (κ3) is 5.96. The maximum atomic E-state index is 13.1. The molecule has 0 saturated heterocycles. The second kappa shape index (κ2) is 10.8. The highest BCUT2D eigenvalue weighted by atomic mass is 32.2. The number of anilines is 1.